The number of furan rings is 1. The number of amides is 1. The van der Waals surface area contributed by atoms with Gasteiger partial charge in [0.1, 0.15) is 11.3 Å². The van der Waals surface area contributed by atoms with E-state index in [2.05, 4.69) is 0 Å². The zero-order valence-electron chi connectivity index (χ0n) is 14.7. The van der Waals surface area contributed by atoms with Crippen LogP contribution in [0.4, 0.5) is 0 Å². The minimum Gasteiger partial charge on any atom is -0.459 e. The van der Waals surface area contributed by atoms with Crippen LogP contribution in [0, 0.1) is 0 Å². The van der Waals surface area contributed by atoms with Crippen LogP contribution in [-0.2, 0) is 4.79 Å². The molecule has 0 saturated heterocycles. The maximum absolute atomic E-state index is 12.5. The van der Waals surface area contributed by atoms with Gasteiger partial charge in [-0.05, 0) is 45.4 Å². The lowest BCUT2D eigenvalue weighted by molar-refractivity contribution is -0.133. The predicted molar refractivity (Wildman–Crippen MR) is 101 cm³/mol. The van der Waals surface area contributed by atoms with Crippen LogP contribution >= 0.6 is 12.4 Å². The van der Waals surface area contributed by atoms with Crippen molar-refractivity contribution in [3.05, 3.63) is 36.1 Å². The second-order valence-corrected chi connectivity index (χ2v) is 6.00. The third kappa shape index (κ3) is 5.25. The van der Waals surface area contributed by atoms with Crippen molar-refractivity contribution in [2.75, 3.05) is 13.1 Å². The van der Waals surface area contributed by atoms with Crippen molar-refractivity contribution >= 4 is 29.3 Å². The second kappa shape index (κ2) is 10.4. The summed E-state index contributed by atoms with van der Waals surface area (Å²) in [6, 6.07) is 9.95. The molecule has 2 N–H and O–H groups in total. The molecule has 1 atom stereocenters. The van der Waals surface area contributed by atoms with Crippen LogP contribution in [0.15, 0.2) is 34.7 Å². The van der Waals surface area contributed by atoms with Gasteiger partial charge in [0.05, 0.1) is 6.04 Å². The number of halogens is 1. The summed E-state index contributed by atoms with van der Waals surface area (Å²) in [5.41, 5.74) is 6.37. The molecule has 1 unspecified atom stereocenters. The van der Waals surface area contributed by atoms with E-state index in [0.29, 0.717) is 13.0 Å². The molecule has 0 spiro atoms. The monoisotopic (exact) mass is 352 g/mol. The van der Waals surface area contributed by atoms with E-state index in [1.807, 2.05) is 49.1 Å². The molecule has 0 aliphatic heterocycles. The van der Waals surface area contributed by atoms with E-state index in [-0.39, 0.29) is 24.4 Å². The highest BCUT2D eigenvalue weighted by Gasteiger charge is 2.22. The molecule has 2 aromatic rings. The van der Waals surface area contributed by atoms with Crippen LogP contribution in [0.3, 0.4) is 0 Å². The summed E-state index contributed by atoms with van der Waals surface area (Å²) in [7, 11) is 0. The zero-order chi connectivity index (χ0) is 16.7. The first-order chi connectivity index (χ1) is 11.2. The molecule has 134 valence electrons. The fourth-order valence-electron chi connectivity index (χ4n) is 2.95. The molecule has 4 nitrogen and oxygen atoms in total. The molecule has 0 radical (unpaired) electrons. The minimum atomic E-state index is -0.0380. The van der Waals surface area contributed by atoms with E-state index in [1.165, 1.54) is 0 Å². The van der Waals surface area contributed by atoms with Gasteiger partial charge < -0.3 is 15.1 Å². The molecule has 5 heteroatoms. The van der Waals surface area contributed by atoms with Crippen LogP contribution in [-0.4, -0.2) is 23.9 Å². The molecule has 2 rings (SSSR count). The van der Waals surface area contributed by atoms with Crippen molar-refractivity contribution in [3.8, 4) is 0 Å². The third-order valence-electron chi connectivity index (χ3n) is 4.33. The maximum Gasteiger partial charge on any atom is 0.223 e. The Kier molecular flexibility index (Phi) is 8.87. The number of rotatable bonds is 9. The molecule has 1 aromatic carbocycles. The highest BCUT2D eigenvalue weighted by molar-refractivity contribution is 5.85. The fourth-order valence-corrected chi connectivity index (χ4v) is 2.95. The van der Waals surface area contributed by atoms with Crippen molar-refractivity contribution in [2.45, 2.75) is 52.0 Å². The topological polar surface area (TPSA) is 59.5 Å². The van der Waals surface area contributed by atoms with E-state index in [0.717, 1.165) is 49.0 Å². The number of para-hydroxylation sites is 1. The normalized spacial score (nSPS) is 12.0. The summed E-state index contributed by atoms with van der Waals surface area (Å²) in [5, 5.41) is 1.08. The maximum atomic E-state index is 12.5. The fraction of sp³-hybridized carbons (Fsp3) is 0.526. The van der Waals surface area contributed by atoms with Crippen LogP contribution in [0.5, 0.6) is 0 Å². The average Bonchev–Trinajstić information content (AvgIpc) is 2.99. The van der Waals surface area contributed by atoms with Crippen LogP contribution in [0.2, 0.25) is 0 Å². The highest BCUT2D eigenvalue weighted by atomic mass is 35.5. The van der Waals surface area contributed by atoms with Crippen molar-refractivity contribution in [2.24, 2.45) is 5.73 Å². The average molecular weight is 353 g/mol. The van der Waals surface area contributed by atoms with E-state index < -0.39 is 0 Å². The Labute approximate surface area is 150 Å². The van der Waals surface area contributed by atoms with Crippen LogP contribution in [0.25, 0.3) is 11.0 Å². The number of unbranched alkanes of at least 4 members (excludes halogenated alkanes) is 3. The molecule has 0 aliphatic carbocycles. The minimum absolute atomic E-state index is 0. The first-order valence-electron chi connectivity index (χ1n) is 8.65. The van der Waals surface area contributed by atoms with Gasteiger partial charge >= 0.3 is 0 Å². The number of benzene rings is 1. The predicted octanol–water partition coefficient (Wildman–Crippen LogP) is 4.67. The van der Waals surface area contributed by atoms with Gasteiger partial charge in [0, 0.05) is 18.4 Å². The first kappa shape index (κ1) is 20.5. The van der Waals surface area contributed by atoms with Gasteiger partial charge in [-0.3, -0.25) is 4.79 Å². The van der Waals surface area contributed by atoms with Gasteiger partial charge in [-0.25, -0.2) is 0 Å². The van der Waals surface area contributed by atoms with Gasteiger partial charge in [-0.2, -0.15) is 0 Å². The van der Waals surface area contributed by atoms with E-state index in [4.69, 9.17) is 10.2 Å². The Balaban J connectivity index is 0.00000288. The quantitative estimate of drug-likeness (QED) is 0.667. The smallest absolute Gasteiger partial charge is 0.223 e. The third-order valence-corrected chi connectivity index (χ3v) is 4.33. The Morgan fingerprint density at radius 2 is 1.92 bits per heavy atom. The summed E-state index contributed by atoms with van der Waals surface area (Å²) in [6.07, 6.45) is 4.75. The molecule has 24 heavy (non-hydrogen) atoms. The highest BCUT2D eigenvalue weighted by Crippen LogP contribution is 2.27. The number of nitrogens with two attached hydrogens (primary N) is 1. The number of nitrogens with zero attached hydrogens (tertiary/aromatic N) is 1. The van der Waals surface area contributed by atoms with E-state index in [1.54, 1.807) is 0 Å². The number of hydrogen-bond acceptors (Lipinski definition) is 3. The molecule has 0 bridgehead atoms. The number of hydrogen-bond donors (Lipinski definition) is 1. The van der Waals surface area contributed by atoms with Crippen molar-refractivity contribution in [1.29, 1.82) is 0 Å². The molecular formula is C19H29ClN2O2. The number of fused-ring (bicyclic) bond motifs is 1. The van der Waals surface area contributed by atoms with Crippen molar-refractivity contribution in [1.82, 2.24) is 4.90 Å². The molecule has 1 amide bonds. The summed E-state index contributed by atoms with van der Waals surface area (Å²) in [6.45, 7) is 5.48. The molecule has 0 aliphatic rings. The van der Waals surface area contributed by atoms with Gasteiger partial charge in [-0.15, -0.1) is 12.4 Å². The Hall–Kier alpha value is -1.52. The van der Waals surface area contributed by atoms with Gasteiger partial charge in [0.2, 0.25) is 5.91 Å². The molecule has 1 heterocycles. The van der Waals surface area contributed by atoms with Gasteiger partial charge in [0.25, 0.3) is 0 Å². The summed E-state index contributed by atoms with van der Waals surface area (Å²) < 4.78 is 5.91. The largest absolute Gasteiger partial charge is 0.459 e. The number of carbonyl (C=O) groups is 1. The summed E-state index contributed by atoms with van der Waals surface area (Å²) >= 11 is 0. The van der Waals surface area contributed by atoms with Crippen molar-refractivity contribution in [3.63, 3.8) is 0 Å². The van der Waals surface area contributed by atoms with Gasteiger partial charge in [0.15, 0.2) is 0 Å². The van der Waals surface area contributed by atoms with E-state index in [9.17, 15) is 4.79 Å². The van der Waals surface area contributed by atoms with Crippen molar-refractivity contribution < 1.29 is 9.21 Å². The Morgan fingerprint density at radius 1 is 1.21 bits per heavy atom. The Bertz CT molecular complexity index is 594. The van der Waals surface area contributed by atoms with E-state index >= 15 is 0 Å². The molecule has 0 fully saturated rings. The van der Waals surface area contributed by atoms with Crippen LogP contribution < -0.4 is 5.73 Å². The lowest BCUT2D eigenvalue weighted by Gasteiger charge is -2.26. The molecular weight excluding hydrogens is 324 g/mol. The van der Waals surface area contributed by atoms with Crippen LogP contribution in [0.1, 0.15) is 57.8 Å². The van der Waals surface area contributed by atoms with Gasteiger partial charge in [-0.1, -0.05) is 31.0 Å². The standard InChI is InChI=1S/C19H28N2O2.ClH/c1-3-21(19(22)12-6-4-5-9-13-20)15(2)18-14-16-10-7-8-11-17(16)23-18;/h7-8,10-11,14-15H,3-6,9,12-13,20H2,1-2H3;1H. The first-order valence-corrected chi connectivity index (χ1v) is 8.65. The lowest BCUT2D eigenvalue weighted by atomic mass is 10.1. The summed E-state index contributed by atoms with van der Waals surface area (Å²) in [5.74, 6) is 1.05. The second-order valence-electron chi connectivity index (χ2n) is 6.00. The molecule has 1 aromatic heterocycles. The number of carbonyl (C=O) groups excluding carboxylic acids is 1. The zero-order valence-corrected chi connectivity index (χ0v) is 15.5. The Morgan fingerprint density at radius 3 is 2.58 bits per heavy atom. The summed E-state index contributed by atoms with van der Waals surface area (Å²) in [4.78, 5) is 14.4. The lowest BCUT2D eigenvalue weighted by Crippen LogP contribution is -2.33. The molecule has 0 saturated carbocycles. The SMILES string of the molecule is CCN(C(=O)CCCCCCN)C(C)c1cc2ccccc2o1.Cl.